The summed E-state index contributed by atoms with van der Waals surface area (Å²) in [6, 6.07) is 12.6. The quantitative estimate of drug-likeness (QED) is 0.487. The predicted molar refractivity (Wildman–Crippen MR) is 124 cm³/mol. The number of hydrogen-bond acceptors (Lipinski definition) is 4. The van der Waals surface area contributed by atoms with Crippen molar-refractivity contribution in [3.05, 3.63) is 65.5 Å². The van der Waals surface area contributed by atoms with Gasteiger partial charge in [-0.1, -0.05) is 44.2 Å². The molecule has 2 aromatic rings. The van der Waals surface area contributed by atoms with Crippen LogP contribution in [-0.2, 0) is 15.8 Å². The van der Waals surface area contributed by atoms with Crippen molar-refractivity contribution < 1.29 is 17.6 Å². The van der Waals surface area contributed by atoms with Crippen LogP contribution in [0.25, 0.3) is 0 Å². The Morgan fingerprint density at radius 1 is 1.10 bits per heavy atom. The Morgan fingerprint density at radius 3 is 2.35 bits per heavy atom. The van der Waals surface area contributed by atoms with E-state index in [9.17, 15) is 17.6 Å². The van der Waals surface area contributed by atoms with E-state index >= 15 is 0 Å². The molecule has 0 aliphatic carbocycles. The number of benzene rings is 2. The molecular weight excluding hydrogens is 437 g/mol. The number of thioether (sulfide) groups is 1. The summed E-state index contributed by atoms with van der Waals surface area (Å²) in [5.41, 5.74) is 1.46. The van der Waals surface area contributed by atoms with E-state index < -0.39 is 10.0 Å². The number of nitrogens with one attached hydrogen (secondary N) is 2. The lowest BCUT2D eigenvalue weighted by Gasteiger charge is -2.19. The summed E-state index contributed by atoms with van der Waals surface area (Å²) < 4.78 is 40.1. The second-order valence-electron chi connectivity index (χ2n) is 6.92. The lowest BCUT2D eigenvalue weighted by Crippen LogP contribution is -2.38. The van der Waals surface area contributed by atoms with Crippen molar-refractivity contribution in [1.82, 2.24) is 14.9 Å². The molecule has 0 radical (unpaired) electrons. The smallest absolute Gasteiger partial charge is 0.315 e. The topological polar surface area (TPSA) is 78.5 Å². The number of hydrogen-bond donors (Lipinski definition) is 2. The summed E-state index contributed by atoms with van der Waals surface area (Å²) in [7, 11) is -3.50. The number of halogens is 1. The minimum Gasteiger partial charge on any atom is -0.337 e. The highest BCUT2D eigenvalue weighted by atomic mass is 32.2. The second-order valence-corrected chi connectivity index (χ2v) is 9.97. The number of amides is 2. The standard InChI is InChI=1S/C22H30FN3O3S2/c1-4-26(5-2)31(28,29)20-12-10-18(11-13-20)17(3)25-22(27)24-14-15-30-16-19-8-6-7-9-21(19)23/h6-13,17H,4-5,14-16H2,1-3H3,(H2,24,25,27). The molecule has 0 aliphatic heterocycles. The molecule has 0 aromatic heterocycles. The maximum absolute atomic E-state index is 13.6. The molecule has 0 aliphatic rings. The molecule has 0 bridgehead atoms. The summed E-state index contributed by atoms with van der Waals surface area (Å²) in [5.74, 6) is 0.994. The van der Waals surface area contributed by atoms with Gasteiger partial charge in [-0.25, -0.2) is 17.6 Å². The summed E-state index contributed by atoms with van der Waals surface area (Å²) in [5, 5.41) is 5.62. The van der Waals surface area contributed by atoms with E-state index in [1.807, 2.05) is 6.92 Å². The summed E-state index contributed by atoms with van der Waals surface area (Å²) in [6.07, 6.45) is 0. The highest BCUT2D eigenvalue weighted by molar-refractivity contribution is 7.98. The van der Waals surface area contributed by atoms with Crippen molar-refractivity contribution in [2.45, 2.75) is 37.5 Å². The van der Waals surface area contributed by atoms with Gasteiger partial charge in [-0.3, -0.25) is 0 Å². The van der Waals surface area contributed by atoms with Gasteiger partial charge in [-0.05, 0) is 36.2 Å². The van der Waals surface area contributed by atoms with Gasteiger partial charge in [0, 0.05) is 31.1 Å². The monoisotopic (exact) mass is 467 g/mol. The van der Waals surface area contributed by atoms with E-state index in [0.717, 1.165) is 5.56 Å². The van der Waals surface area contributed by atoms with Crippen LogP contribution in [0.5, 0.6) is 0 Å². The molecule has 9 heteroatoms. The molecule has 0 spiro atoms. The highest BCUT2D eigenvalue weighted by Gasteiger charge is 2.21. The van der Waals surface area contributed by atoms with E-state index in [2.05, 4.69) is 10.6 Å². The van der Waals surface area contributed by atoms with Gasteiger partial charge in [-0.2, -0.15) is 16.1 Å². The van der Waals surface area contributed by atoms with Crippen molar-refractivity contribution in [3.63, 3.8) is 0 Å². The second kappa shape index (κ2) is 12.1. The molecule has 0 heterocycles. The molecule has 1 atom stereocenters. The van der Waals surface area contributed by atoms with Gasteiger partial charge in [0.15, 0.2) is 0 Å². The molecule has 0 saturated heterocycles. The van der Waals surface area contributed by atoms with Gasteiger partial charge in [0.1, 0.15) is 5.82 Å². The Balaban J connectivity index is 1.78. The third-order valence-electron chi connectivity index (χ3n) is 4.82. The normalized spacial score (nSPS) is 12.5. The lowest BCUT2D eigenvalue weighted by atomic mass is 10.1. The van der Waals surface area contributed by atoms with Crippen LogP contribution in [0.2, 0.25) is 0 Å². The zero-order valence-corrected chi connectivity index (χ0v) is 19.7. The van der Waals surface area contributed by atoms with Crippen molar-refractivity contribution in [1.29, 1.82) is 0 Å². The molecule has 2 amide bonds. The first-order valence-electron chi connectivity index (χ1n) is 10.2. The van der Waals surface area contributed by atoms with E-state index in [1.165, 1.54) is 10.4 Å². The van der Waals surface area contributed by atoms with E-state index in [1.54, 1.807) is 68.1 Å². The Labute approximate surface area is 188 Å². The fourth-order valence-electron chi connectivity index (χ4n) is 3.01. The van der Waals surface area contributed by atoms with Crippen LogP contribution in [0.15, 0.2) is 53.4 Å². The fraction of sp³-hybridized carbons (Fsp3) is 0.409. The van der Waals surface area contributed by atoms with Gasteiger partial charge in [0.25, 0.3) is 0 Å². The molecule has 170 valence electrons. The van der Waals surface area contributed by atoms with Crippen LogP contribution in [0.4, 0.5) is 9.18 Å². The molecule has 2 N–H and O–H groups in total. The highest BCUT2D eigenvalue weighted by Crippen LogP contribution is 2.19. The summed E-state index contributed by atoms with van der Waals surface area (Å²) in [6.45, 7) is 6.73. The number of carbonyl (C=O) groups is 1. The van der Waals surface area contributed by atoms with Crippen LogP contribution < -0.4 is 10.6 Å². The number of sulfonamides is 1. The summed E-state index contributed by atoms with van der Waals surface area (Å²) in [4.78, 5) is 12.4. The van der Waals surface area contributed by atoms with Crippen LogP contribution in [-0.4, -0.2) is 44.1 Å². The fourth-order valence-corrected chi connectivity index (χ4v) is 5.31. The number of nitrogens with zero attached hydrogens (tertiary/aromatic N) is 1. The first-order chi connectivity index (χ1) is 14.8. The average Bonchev–Trinajstić information content (AvgIpc) is 2.75. The van der Waals surface area contributed by atoms with E-state index in [0.29, 0.717) is 36.7 Å². The van der Waals surface area contributed by atoms with Gasteiger partial charge >= 0.3 is 6.03 Å². The van der Waals surface area contributed by atoms with Crippen LogP contribution in [0.1, 0.15) is 37.9 Å². The lowest BCUT2D eigenvalue weighted by molar-refractivity contribution is 0.238. The van der Waals surface area contributed by atoms with E-state index in [-0.39, 0.29) is 22.8 Å². The van der Waals surface area contributed by atoms with Gasteiger partial charge in [-0.15, -0.1) is 0 Å². The number of carbonyl (C=O) groups excluding carboxylic acids is 1. The zero-order valence-electron chi connectivity index (χ0n) is 18.1. The number of rotatable bonds is 11. The van der Waals surface area contributed by atoms with Gasteiger partial charge < -0.3 is 10.6 Å². The molecule has 6 nitrogen and oxygen atoms in total. The third-order valence-corrected chi connectivity index (χ3v) is 7.89. The Hall–Kier alpha value is -2.10. The SMILES string of the molecule is CCN(CC)S(=O)(=O)c1ccc(C(C)NC(=O)NCCSCc2ccccc2F)cc1. The van der Waals surface area contributed by atoms with Gasteiger partial charge in [0.05, 0.1) is 10.9 Å². The first kappa shape index (κ1) is 25.2. The third kappa shape index (κ3) is 7.22. The zero-order chi connectivity index (χ0) is 22.9. The maximum atomic E-state index is 13.6. The molecule has 2 rings (SSSR count). The van der Waals surface area contributed by atoms with E-state index in [4.69, 9.17) is 0 Å². The minimum atomic E-state index is -3.50. The minimum absolute atomic E-state index is 0.217. The Kier molecular flexibility index (Phi) is 9.80. The average molecular weight is 468 g/mol. The molecule has 0 fully saturated rings. The molecule has 0 saturated carbocycles. The maximum Gasteiger partial charge on any atom is 0.315 e. The van der Waals surface area contributed by atoms with Crippen molar-refractivity contribution >= 4 is 27.8 Å². The van der Waals surface area contributed by atoms with Crippen molar-refractivity contribution in [2.24, 2.45) is 0 Å². The van der Waals surface area contributed by atoms with Crippen molar-refractivity contribution in [2.75, 3.05) is 25.4 Å². The van der Waals surface area contributed by atoms with Gasteiger partial charge in [0.2, 0.25) is 10.0 Å². The molecule has 31 heavy (non-hydrogen) atoms. The molecular formula is C22H30FN3O3S2. The summed E-state index contributed by atoms with van der Waals surface area (Å²) >= 11 is 1.54. The molecule has 1 unspecified atom stereocenters. The largest absolute Gasteiger partial charge is 0.337 e. The Bertz CT molecular complexity index is 949. The predicted octanol–water partition coefficient (Wildman–Crippen LogP) is 4.15. The first-order valence-corrected chi connectivity index (χ1v) is 12.8. The van der Waals surface area contributed by atoms with Crippen LogP contribution in [0.3, 0.4) is 0 Å². The van der Waals surface area contributed by atoms with Crippen LogP contribution >= 0.6 is 11.8 Å². The molecule has 2 aromatic carbocycles. The van der Waals surface area contributed by atoms with Crippen LogP contribution in [0, 0.1) is 5.82 Å². The Morgan fingerprint density at radius 2 is 1.74 bits per heavy atom. The van der Waals surface area contributed by atoms with Crippen molar-refractivity contribution in [3.8, 4) is 0 Å². The number of urea groups is 1.